The number of nitrogens with zero attached hydrogens (tertiary/aromatic N) is 1. The van der Waals surface area contributed by atoms with E-state index in [2.05, 4.69) is 5.32 Å². The van der Waals surface area contributed by atoms with Crippen LogP contribution in [0.2, 0.25) is 0 Å². The molecule has 0 saturated carbocycles. The minimum Gasteiger partial charge on any atom is -0.444 e. The number of halogens is 5. The van der Waals surface area contributed by atoms with Crippen molar-refractivity contribution in [2.24, 2.45) is 0 Å². The van der Waals surface area contributed by atoms with Gasteiger partial charge in [0.05, 0.1) is 13.1 Å². The maximum Gasteiger partial charge on any atom is 2.00 e. The number of β-amino-alcohol motifs (C(OH)–C–C–N with tert-alkyl or cyclic N) is 1. The minimum absolute atomic E-state index is 0. The second-order valence-corrected chi connectivity index (χ2v) is 6.36. The van der Waals surface area contributed by atoms with E-state index in [0.717, 1.165) is 17.0 Å². The summed E-state index contributed by atoms with van der Waals surface area (Å²) in [6.45, 7) is -2.04. The average molecular weight is 458 g/mol. The van der Waals surface area contributed by atoms with Gasteiger partial charge >= 0.3 is 29.3 Å². The van der Waals surface area contributed by atoms with Crippen molar-refractivity contribution in [1.82, 2.24) is 0 Å². The van der Waals surface area contributed by atoms with Gasteiger partial charge in [-0.15, -0.1) is 0 Å². The van der Waals surface area contributed by atoms with Crippen molar-refractivity contribution in [1.29, 1.82) is 0 Å². The summed E-state index contributed by atoms with van der Waals surface area (Å²) in [5.41, 5.74) is -3.27. The van der Waals surface area contributed by atoms with E-state index in [4.69, 9.17) is 4.74 Å². The van der Waals surface area contributed by atoms with E-state index in [9.17, 15) is 31.9 Å². The average Bonchev–Trinajstić information content (AvgIpc) is 2.57. The molecule has 29 heavy (non-hydrogen) atoms. The Labute approximate surface area is 172 Å². The molecule has 1 saturated heterocycles. The fourth-order valence-corrected chi connectivity index (χ4v) is 2.74. The van der Waals surface area contributed by atoms with E-state index < -0.39 is 48.3 Å². The van der Waals surface area contributed by atoms with Crippen LogP contribution in [0, 0.1) is 11.6 Å². The summed E-state index contributed by atoms with van der Waals surface area (Å²) in [7, 11) is 0. The monoisotopic (exact) mass is 458 g/mol. The molecule has 2 aromatic carbocycles. The zero-order chi connectivity index (χ0) is 20.5. The number of carbonyl (C=O) groups is 1. The molecule has 0 bridgehead atoms. The molecule has 0 spiro atoms. The summed E-state index contributed by atoms with van der Waals surface area (Å²) in [6.07, 6.45) is -5.86. The molecule has 0 atom stereocenters. The number of hydrogen-bond donors (Lipinski definition) is 2. The molecular weight excluding hydrogens is 443 g/mol. The van der Waals surface area contributed by atoms with Crippen LogP contribution in [0.1, 0.15) is 5.56 Å². The summed E-state index contributed by atoms with van der Waals surface area (Å²) in [4.78, 5) is 12.5. The number of carbonyl (C=O) groups excluding carboxylic acids is 1. The molecule has 156 valence electrons. The van der Waals surface area contributed by atoms with Crippen LogP contribution in [0.15, 0.2) is 42.5 Å². The number of nitrogens with one attached hydrogen (secondary N) is 1. The van der Waals surface area contributed by atoms with Gasteiger partial charge in [0.15, 0.2) is 17.2 Å². The van der Waals surface area contributed by atoms with Gasteiger partial charge in [-0.25, -0.2) is 13.6 Å². The van der Waals surface area contributed by atoms with Crippen LogP contribution in [-0.4, -0.2) is 36.1 Å². The Kier molecular flexibility index (Phi) is 6.77. The topological polar surface area (TPSA) is 61.8 Å². The van der Waals surface area contributed by atoms with Crippen molar-refractivity contribution in [3.8, 4) is 0 Å². The number of ether oxygens (including phenoxy) is 1. The van der Waals surface area contributed by atoms with Crippen molar-refractivity contribution in [2.75, 3.05) is 23.3 Å². The molecule has 1 fully saturated rings. The van der Waals surface area contributed by atoms with E-state index in [1.54, 1.807) is 30.3 Å². The Morgan fingerprint density at radius 2 is 1.69 bits per heavy atom. The van der Waals surface area contributed by atoms with Gasteiger partial charge in [-0.1, -0.05) is 30.3 Å². The number of aliphatic hydroxyl groups is 1. The predicted molar refractivity (Wildman–Crippen MR) is 89.8 cm³/mol. The van der Waals surface area contributed by atoms with Crippen molar-refractivity contribution >= 4 is 17.5 Å². The number of rotatable bonds is 4. The van der Waals surface area contributed by atoms with E-state index in [0.29, 0.717) is 5.56 Å². The van der Waals surface area contributed by atoms with Crippen LogP contribution in [0.25, 0.3) is 0 Å². The Morgan fingerprint density at radius 3 is 2.21 bits per heavy atom. The Balaban J connectivity index is 0.00000300. The van der Waals surface area contributed by atoms with Crippen LogP contribution < -0.4 is 10.2 Å². The third-order valence-electron chi connectivity index (χ3n) is 4.22. The number of alkyl halides is 3. The molecule has 1 heterocycles. The molecule has 0 aliphatic carbocycles. The molecule has 2 N–H and O–H groups in total. The largest absolute Gasteiger partial charge is 2.00 e. The van der Waals surface area contributed by atoms with E-state index in [1.165, 1.54) is 0 Å². The fraction of sp³-hybridized carbons (Fsp3) is 0.278. The van der Waals surface area contributed by atoms with Gasteiger partial charge in [-0.05, 0) is 17.7 Å². The molecule has 1 amide bonds. The molecule has 1 aliphatic rings. The smallest absolute Gasteiger partial charge is 0.444 e. The molecular formula is C18H15F5FeN2O3+2. The normalized spacial score (nSPS) is 15.2. The molecule has 0 unspecified atom stereocenters. The molecule has 11 heteroatoms. The summed E-state index contributed by atoms with van der Waals surface area (Å²) < 4.78 is 71.3. The first kappa shape index (κ1) is 22.9. The standard InChI is InChI=1S/C18H15F5N2O3.Fe/c19-13-6-12(24-16(26)28-8-11-4-2-1-3-5-11)7-14(20)15(13)25-9-17(27,10-25)18(21,22)23;/h1-7,27H,8-10H2,(H,24,26);/q;+2. The minimum atomic E-state index is -4.90. The van der Waals surface area contributed by atoms with E-state index in [1.807, 2.05) is 0 Å². The van der Waals surface area contributed by atoms with Crippen molar-refractivity contribution in [2.45, 2.75) is 18.4 Å². The van der Waals surface area contributed by atoms with Crippen molar-refractivity contribution in [3.63, 3.8) is 0 Å². The third kappa shape index (κ3) is 4.98. The van der Waals surface area contributed by atoms with Gasteiger partial charge in [0, 0.05) is 5.69 Å². The maximum absolute atomic E-state index is 14.2. The van der Waals surface area contributed by atoms with E-state index in [-0.39, 0.29) is 29.4 Å². The molecule has 0 radical (unpaired) electrons. The number of hydrogen-bond acceptors (Lipinski definition) is 4. The zero-order valence-corrected chi connectivity index (χ0v) is 15.7. The summed E-state index contributed by atoms with van der Waals surface area (Å²) in [5, 5.41) is 11.5. The van der Waals surface area contributed by atoms with E-state index >= 15 is 0 Å². The SMILES string of the molecule is O=C(Nc1cc(F)c(N2CC(O)(C(F)(F)F)C2)c(F)c1)OCc1ccccc1.[Fe+2]. The summed E-state index contributed by atoms with van der Waals surface area (Å²) >= 11 is 0. The van der Waals surface area contributed by atoms with Gasteiger partial charge < -0.3 is 14.7 Å². The second-order valence-electron chi connectivity index (χ2n) is 6.36. The summed E-state index contributed by atoms with van der Waals surface area (Å²) in [5.74, 6) is -2.36. The van der Waals surface area contributed by atoms with Crippen molar-refractivity contribution in [3.05, 3.63) is 59.7 Å². The first-order valence-corrected chi connectivity index (χ1v) is 8.10. The third-order valence-corrected chi connectivity index (χ3v) is 4.22. The van der Waals surface area contributed by atoms with Gasteiger partial charge in [0.25, 0.3) is 0 Å². The van der Waals surface area contributed by atoms with Crippen molar-refractivity contribution < 1.29 is 53.7 Å². The quantitative estimate of drug-likeness (QED) is 0.541. The fourth-order valence-electron chi connectivity index (χ4n) is 2.74. The van der Waals surface area contributed by atoms with Crippen LogP contribution >= 0.6 is 0 Å². The van der Waals surface area contributed by atoms with Crippen LogP contribution in [0.3, 0.4) is 0 Å². The Hall–Kier alpha value is -2.36. The zero-order valence-electron chi connectivity index (χ0n) is 14.6. The molecule has 1 aliphatic heterocycles. The first-order chi connectivity index (χ1) is 13.1. The van der Waals surface area contributed by atoms with Crippen LogP contribution in [-0.2, 0) is 28.4 Å². The molecule has 3 rings (SSSR count). The Morgan fingerprint density at radius 1 is 1.14 bits per heavy atom. The Bertz CT molecular complexity index is 851. The van der Waals surface area contributed by atoms with Gasteiger partial charge in [-0.2, -0.15) is 13.2 Å². The second kappa shape index (κ2) is 8.56. The predicted octanol–water partition coefficient (Wildman–Crippen LogP) is 3.82. The molecule has 0 aromatic heterocycles. The summed E-state index contributed by atoms with van der Waals surface area (Å²) in [6, 6.07) is 10.2. The van der Waals surface area contributed by atoms with Gasteiger partial charge in [0.1, 0.15) is 12.3 Å². The van der Waals surface area contributed by atoms with Crippen LogP contribution in [0.4, 0.5) is 38.1 Å². The van der Waals surface area contributed by atoms with Gasteiger partial charge in [-0.3, -0.25) is 5.32 Å². The van der Waals surface area contributed by atoms with Crippen LogP contribution in [0.5, 0.6) is 0 Å². The maximum atomic E-state index is 14.2. The molecule has 5 nitrogen and oxygen atoms in total. The van der Waals surface area contributed by atoms with Gasteiger partial charge in [0.2, 0.25) is 0 Å². The number of amides is 1. The molecule has 2 aromatic rings. The first-order valence-electron chi connectivity index (χ1n) is 8.10. The number of anilines is 2. The number of benzene rings is 2.